The van der Waals surface area contributed by atoms with Crippen LogP contribution in [0.1, 0.15) is 5.56 Å². The van der Waals surface area contributed by atoms with Crippen LogP contribution in [-0.4, -0.2) is 19.6 Å². The lowest BCUT2D eigenvalue weighted by molar-refractivity contribution is 0.562. The Labute approximate surface area is 85.5 Å². The van der Waals surface area contributed by atoms with Gasteiger partial charge < -0.3 is 4.42 Å². The Hall–Kier alpha value is -0.330. The third-order valence-corrected chi connectivity index (χ3v) is 4.20. The van der Waals surface area contributed by atoms with Gasteiger partial charge in [0.25, 0.3) is 0 Å². The Balaban J connectivity index is 2.30. The minimum atomic E-state index is -3.14. The van der Waals surface area contributed by atoms with Crippen molar-refractivity contribution >= 4 is 26.0 Å². The molecule has 1 aromatic rings. The van der Waals surface area contributed by atoms with Crippen LogP contribution in [0.4, 0.5) is 0 Å². The largest absolute Gasteiger partial charge is 0.472 e. The molecule has 0 unspecified atom stereocenters. The number of hydrogen-bond acceptors (Lipinski definition) is 3. The van der Waals surface area contributed by atoms with Crippen molar-refractivity contribution < 1.29 is 12.8 Å². The molecule has 1 heterocycles. The van der Waals surface area contributed by atoms with E-state index in [1.807, 2.05) is 6.07 Å². The highest BCUT2D eigenvalue weighted by atomic mass is 79.9. The average molecular weight is 268 g/mol. The van der Waals surface area contributed by atoms with E-state index in [9.17, 15) is 8.42 Å². The molecule has 1 aromatic heterocycles. The number of alkyl halides is 1. The van der Waals surface area contributed by atoms with Crippen molar-refractivity contribution in [1.29, 1.82) is 0 Å². The van der Waals surface area contributed by atoms with E-state index in [0.29, 0.717) is 13.0 Å². The summed E-state index contributed by atoms with van der Waals surface area (Å²) < 4.78 is 29.1. The molecule has 4 nitrogen and oxygen atoms in total. The molecular weight excluding hydrogens is 258 g/mol. The molecule has 0 aromatic carbocycles. The predicted octanol–water partition coefficient (Wildman–Crippen LogP) is 1.09. The molecule has 0 amide bonds. The van der Waals surface area contributed by atoms with E-state index < -0.39 is 10.0 Å². The molecule has 0 radical (unpaired) electrons. The fourth-order valence-electron chi connectivity index (χ4n) is 0.824. The Kier molecular flexibility index (Phi) is 3.95. The molecule has 13 heavy (non-hydrogen) atoms. The van der Waals surface area contributed by atoms with E-state index in [2.05, 4.69) is 20.7 Å². The van der Waals surface area contributed by atoms with Crippen LogP contribution in [0.2, 0.25) is 0 Å². The standard InChI is InChI=1S/C7H10BrNO3S/c8-6-13(10,11)9-3-1-7-2-4-12-5-7/h2,4-5,9H,1,3,6H2. The molecule has 0 aliphatic rings. The van der Waals surface area contributed by atoms with Crippen molar-refractivity contribution in [2.24, 2.45) is 0 Å². The van der Waals surface area contributed by atoms with Crippen molar-refractivity contribution in [2.75, 3.05) is 11.2 Å². The van der Waals surface area contributed by atoms with Gasteiger partial charge in [-0.25, -0.2) is 13.1 Å². The van der Waals surface area contributed by atoms with E-state index in [1.54, 1.807) is 12.5 Å². The third-order valence-electron chi connectivity index (χ3n) is 1.46. The number of furan rings is 1. The Bertz CT molecular complexity index is 333. The molecule has 0 atom stereocenters. The first-order valence-corrected chi connectivity index (χ1v) is 6.46. The van der Waals surface area contributed by atoms with Gasteiger partial charge in [-0.05, 0) is 18.1 Å². The molecule has 0 aliphatic heterocycles. The van der Waals surface area contributed by atoms with Crippen LogP contribution < -0.4 is 4.72 Å². The van der Waals surface area contributed by atoms with Crippen LogP contribution in [0.15, 0.2) is 23.0 Å². The molecule has 0 aliphatic carbocycles. The van der Waals surface area contributed by atoms with E-state index in [1.165, 1.54) is 0 Å². The summed E-state index contributed by atoms with van der Waals surface area (Å²) in [6.45, 7) is 0.396. The molecule has 74 valence electrons. The smallest absolute Gasteiger partial charge is 0.221 e. The van der Waals surface area contributed by atoms with Gasteiger partial charge in [-0.15, -0.1) is 0 Å². The minimum absolute atomic E-state index is 0.0641. The van der Waals surface area contributed by atoms with Gasteiger partial charge in [0.05, 0.1) is 12.5 Å². The van der Waals surface area contributed by atoms with Crippen LogP contribution in [0.3, 0.4) is 0 Å². The first kappa shape index (κ1) is 10.7. The minimum Gasteiger partial charge on any atom is -0.472 e. The quantitative estimate of drug-likeness (QED) is 0.813. The second kappa shape index (κ2) is 4.78. The zero-order chi connectivity index (χ0) is 9.73. The van der Waals surface area contributed by atoms with Gasteiger partial charge in [0, 0.05) is 6.54 Å². The van der Waals surface area contributed by atoms with Gasteiger partial charge in [-0.3, -0.25) is 0 Å². The third kappa shape index (κ3) is 3.93. The molecule has 1 N–H and O–H groups in total. The zero-order valence-corrected chi connectivity index (χ0v) is 9.27. The van der Waals surface area contributed by atoms with E-state index in [-0.39, 0.29) is 4.66 Å². The number of hydrogen-bond donors (Lipinski definition) is 1. The maximum absolute atomic E-state index is 10.9. The van der Waals surface area contributed by atoms with Gasteiger partial charge >= 0.3 is 0 Å². The van der Waals surface area contributed by atoms with Gasteiger partial charge in [0.1, 0.15) is 4.66 Å². The van der Waals surface area contributed by atoms with E-state index in [4.69, 9.17) is 4.42 Å². The van der Waals surface area contributed by atoms with Crippen molar-refractivity contribution in [3.63, 3.8) is 0 Å². The van der Waals surface area contributed by atoms with Crippen molar-refractivity contribution in [2.45, 2.75) is 6.42 Å². The Morgan fingerprint density at radius 1 is 1.54 bits per heavy atom. The van der Waals surface area contributed by atoms with Crippen LogP contribution in [-0.2, 0) is 16.4 Å². The molecular formula is C7H10BrNO3S. The lowest BCUT2D eigenvalue weighted by Crippen LogP contribution is -2.26. The summed E-state index contributed by atoms with van der Waals surface area (Å²) in [6, 6.07) is 1.81. The monoisotopic (exact) mass is 267 g/mol. The van der Waals surface area contributed by atoms with Crippen LogP contribution in [0.5, 0.6) is 0 Å². The first-order valence-electron chi connectivity index (χ1n) is 3.68. The highest BCUT2D eigenvalue weighted by Crippen LogP contribution is 2.00. The summed E-state index contributed by atoms with van der Waals surface area (Å²) in [7, 11) is -3.14. The Morgan fingerprint density at radius 3 is 2.85 bits per heavy atom. The topological polar surface area (TPSA) is 59.3 Å². The van der Waals surface area contributed by atoms with Crippen molar-refractivity contribution in [3.05, 3.63) is 24.2 Å². The fraction of sp³-hybridized carbons (Fsp3) is 0.429. The average Bonchev–Trinajstić information content (AvgIpc) is 2.57. The summed E-state index contributed by atoms with van der Waals surface area (Å²) in [5.74, 6) is 0. The second-order valence-corrected chi connectivity index (χ2v) is 5.61. The molecule has 6 heteroatoms. The van der Waals surface area contributed by atoms with Crippen LogP contribution in [0, 0.1) is 0 Å². The summed E-state index contributed by atoms with van der Waals surface area (Å²) >= 11 is 2.88. The molecule has 0 saturated heterocycles. The van der Waals surface area contributed by atoms with Crippen LogP contribution in [0.25, 0.3) is 0 Å². The lowest BCUT2D eigenvalue weighted by atomic mass is 10.2. The molecule has 0 saturated carbocycles. The molecule has 0 fully saturated rings. The molecule has 1 rings (SSSR count). The van der Waals surface area contributed by atoms with E-state index >= 15 is 0 Å². The number of nitrogens with one attached hydrogen (secondary N) is 1. The van der Waals surface area contributed by atoms with Crippen LogP contribution >= 0.6 is 15.9 Å². The van der Waals surface area contributed by atoms with Gasteiger partial charge in [0.15, 0.2) is 0 Å². The maximum atomic E-state index is 10.9. The SMILES string of the molecule is O=S(=O)(CBr)NCCc1ccoc1. The first-order chi connectivity index (χ1) is 6.14. The zero-order valence-electron chi connectivity index (χ0n) is 6.86. The van der Waals surface area contributed by atoms with Gasteiger partial charge in [0.2, 0.25) is 10.0 Å². The van der Waals surface area contributed by atoms with Gasteiger partial charge in [-0.2, -0.15) is 0 Å². The molecule has 0 bridgehead atoms. The number of rotatable bonds is 5. The summed E-state index contributed by atoms with van der Waals surface area (Å²) in [4.78, 5) is 0. The predicted molar refractivity (Wildman–Crippen MR) is 53.1 cm³/mol. The summed E-state index contributed by atoms with van der Waals surface area (Å²) in [5, 5.41) is 0. The highest BCUT2D eigenvalue weighted by Gasteiger charge is 2.05. The summed E-state index contributed by atoms with van der Waals surface area (Å²) in [6.07, 6.45) is 3.81. The second-order valence-electron chi connectivity index (χ2n) is 2.50. The lowest BCUT2D eigenvalue weighted by Gasteiger charge is -2.01. The number of sulfonamides is 1. The van der Waals surface area contributed by atoms with E-state index in [0.717, 1.165) is 5.56 Å². The Morgan fingerprint density at radius 2 is 2.31 bits per heavy atom. The highest BCUT2D eigenvalue weighted by molar-refractivity contribution is 9.10. The van der Waals surface area contributed by atoms with Crippen molar-refractivity contribution in [3.8, 4) is 0 Å². The number of halogens is 1. The molecule has 0 spiro atoms. The summed E-state index contributed by atoms with van der Waals surface area (Å²) in [5.41, 5.74) is 0.984. The fourth-order valence-corrected chi connectivity index (χ4v) is 1.80. The van der Waals surface area contributed by atoms with Crippen molar-refractivity contribution in [1.82, 2.24) is 4.72 Å². The van der Waals surface area contributed by atoms with Gasteiger partial charge in [-0.1, -0.05) is 15.9 Å². The maximum Gasteiger partial charge on any atom is 0.221 e. The normalized spacial score (nSPS) is 11.8.